The molecule has 2 atom stereocenters. The Balaban J connectivity index is 1.87. The van der Waals surface area contributed by atoms with Crippen LogP contribution in [-0.4, -0.2) is 42.4 Å². The smallest absolute Gasteiger partial charge is 0.347 e. The van der Waals surface area contributed by atoms with Crippen LogP contribution in [0.15, 0.2) is 30.3 Å². The molecule has 1 aromatic carbocycles. The van der Waals surface area contributed by atoms with Crippen LogP contribution < -0.4 is 0 Å². The van der Waals surface area contributed by atoms with Gasteiger partial charge in [-0.15, -0.1) is 0 Å². The van der Waals surface area contributed by atoms with Crippen LogP contribution in [0.2, 0.25) is 0 Å². The van der Waals surface area contributed by atoms with Gasteiger partial charge in [0.2, 0.25) is 6.23 Å². The second-order valence-corrected chi connectivity index (χ2v) is 7.62. The largest absolute Gasteiger partial charge is 0.410 e. The summed E-state index contributed by atoms with van der Waals surface area (Å²) < 4.78 is 6.52. The Morgan fingerprint density at radius 2 is 1.78 bits per heavy atom. The molecule has 2 unspecified atom stereocenters. The van der Waals surface area contributed by atoms with Crippen molar-refractivity contribution in [2.45, 2.75) is 50.4 Å². The third-order valence-electron chi connectivity index (χ3n) is 5.68. The normalized spacial score (nSPS) is 26.8. The van der Waals surface area contributed by atoms with Crippen LogP contribution in [0.4, 0.5) is 0 Å². The molecular formula is C19H28NO3+. The van der Waals surface area contributed by atoms with Crippen LogP contribution >= 0.6 is 0 Å². The molecule has 1 aliphatic heterocycles. The number of likely N-dealkylation sites (tertiary alicyclic amines) is 1. The highest BCUT2D eigenvalue weighted by atomic mass is 16.6. The Kier molecular flexibility index (Phi) is 4.47. The number of benzene rings is 1. The molecule has 1 aliphatic carbocycles. The van der Waals surface area contributed by atoms with Crippen LogP contribution in [0.1, 0.15) is 44.1 Å². The molecular weight excluding hydrogens is 290 g/mol. The van der Waals surface area contributed by atoms with E-state index in [2.05, 4.69) is 14.1 Å². The summed E-state index contributed by atoms with van der Waals surface area (Å²) in [6.07, 6.45) is 5.66. The zero-order valence-electron chi connectivity index (χ0n) is 14.2. The second-order valence-electron chi connectivity index (χ2n) is 7.62. The average molecular weight is 318 g/mol. The molecule has 23 heavy (non-hydrogen) atoms. The predicted octanol–water partition coefficient (Wildman–Crippen LogP) is 2.80. The lowest BCUT2D eigenvalue weighted by atomic mass is 9.80. The van der Waals surface area contributed by atoms with Gasteiger partial charge in [0.15, 0.2) is 5.60 Å². The Bertz CT molecular complexity index is 551. The number of carbonyl (C=O) groups excluding carboxylic acids is 1. The fourth-order valence-electron chi connectivity index (χ4n) is 4.14. The van der Waals surface area contributed by atoms with Gasteiger partial charge < -0.3 is 9.84 Å². The van der Waals surface area contributed by atoms with Gasteiger partial charge >= 0.3 is 5.97 Å². The predicted molar refractivity (Wildman–Crippen MR) is 88.4 cm³/mol. The first-order valence-electron chi connectivity index (χ1n) is 8.76. The Hall–Kier alpha value is -1.39. The standard InChI is InChI=1S/C19H28NO3/c1-20(2)14-8-13-17(20)23-18(21)19(22,16-11-6-7-12-16)15-9-4-3-5-10-15/h3-5,9-10,16-17,22H,6-8,11-14H2,1-2H3/q+1. The zero-order valence-corrected chi connectivity index (χ0v) is 14.2. The quantitative estimate of drug-likeness (QED) is 0.686. The van der Waals surface area contributed by atoms with Crippen molar-refractivity contribution < 1.29 is 19.1 Å². The molecule has 0 bridgehead atoms. The van der Waals surface area contributed by atoms with E-state index in [1.54, 1.807) is 0 Å². The number of hydrogen-bond donors (Lipinski definition) is 1. The SMILES string of the molecule is C[N+]1(C)CCCC1OC(=O)C(O)(c1ccccc1)C1CCCC1. The van der Waals surface area contributed by atoms with E-state index >= 15 is 0 Å². The van der Waals surface area contributed by atoms with Crippen LogP contribution in [0.25, 0.3) is 0 Å². The summed E-state index contributed by atoms with van der Waals surface area (Å²) in [7, 11) is 4.17. The molecule has 2 aliphatic rings. The van der Waals surface area contributed by atoms with Gasteiger partial charge in [0.1, 0.15) is 0 Å². The molecule has 4 nitrogen and oxygen atoms in total. The van der Waals surface area contributed by atoms with Crippen LogP contribution in [0, 0.1) is 5.92 Å². The highest BCUT2D eigenvalue weighted by molar-refractivity contribution is 5.81. The fourth-order valence-corrected chi connectivity index (χ4v) is 4.14. The number of aliphatic hydroxyl groups is 1. The van der Waals surface area contributed by atoms with E-state index in [0.717, 1.165) is 45.1 Å². The lowest BCUT2D eigenvalue weighted by Gasteiger charge is -2.36. The summed E-state index contributed by atoms with van der Waals surface area (Å²) in [6.45, 7) is 1.01. The van der Waals surface area contributed by atoms with Crippen molar-refractivity contribution in [3.63, 3.8) is 0 Å². The van der Waals surface area contributed by atoms with Crippen molar-refractivity contribution in [2.75, 3.05) is 20.6 Å². The Morgan fingerprint density at radius 3 is 2.35 bits per heavy atom. The maximum absolute atomic E-state index is 13.0. The maximum atomic E-state index is 13.0. The number of rotatable bonds is 4. The first-order valence-corrected chi connectivity index (χ1v) is 8.76. The summed E-state index contributed by atoms with van der Waals surface area (Å²) in [5.74, 6) is -0.511. The minimum absolute atomic E-state index is 0.0468. The topological polar surface area (TPSA) is 46.5 Å². The number of ether oxygens (including phenoxy) is 1. The molecule has 0 spiro atoms. The maximum Gasteiger partial charge on any atom is 0.347 e. The van der Waals surface area contributed by atoms with Crippen molar-refractivity contribution in [3.05, 3.63) is 35.9 Å². The van der Waals surface area contributed by atoms with Gasteiger partial charge in [-0.05, 0) is 18.4 Å². The van der Waals surface area contributed by atoms with E-state index < -0.39 is 11.6 Å². The van der Waals surface area contributed by atoms with E-state index in [4.69, 9.17) is 4.74 Å². The monoisotopic (exact) mass is 318 g/mol. The molecule has 1 saturated carbocycles. The van der Waals surface area contributed by atoms with Crippen molar-refractivity contribution >= 4 is 5.97 Å². The van der Waals surface area contributed by atoms with Gasteiger partial charge in [-0.3, -0.25) is 4.48 Å². The molecule has 126 valence electrons. The van der Waals surface area contributed by atoms with Crippen molar-refractivity contribution in [1.29, 1.82) is 0 Å². The van der Waals surface area contributed by atoms with Crippen LogP contribution in [0.5, 0.6) is 0 Å². The summed E-state index contributed by atoms with van der Waals surface area (Å²) in [6, 6.07) is 9.33. The molecule has 0 radical (unpaired) electrons. The summed E-state index contributed by atoms with van der Waals surface area (Å²) >= 11 is 0. The first kappa shape index (κ1) is 16.5. The van der Waals surface area contributed by atoms with Crippen molar-refractivity contribution in [2.24, 2.45) is 5.92 Å². The van der Waals surface area contributed by atoms with E-state index in [1.165, 1.54) is 0 Å². The van der Waals surface area contributed by atoms with Gasteiger partial charge in [-0.1, -0.05) is 43.2 Å². The van der Waals surface area contributed by atoms with Gasteiger partial charge in [0.05, 0.1) is 20.6 Å². The molecule has 2 fully saturated rings. The van der Waals surface area contributed by atoms with Gasteiger partial charge in [0, 0.05) is 18.8 Å². The van der Waals surface area contributed by atoms with Crippen molar-refractivity contribution in [1.82, 2.24) is 0 Å². The van der Waals surface area contributed by atoms with Gasteiger partial charge in [-0.2, -0.15) is 0 Å². The summed E-state index contributed by atoms with van der Waals surface area (Å²) in [5, 5.41) is 11.4. The highest BCUT2D eigenvalue weighted by Crippen LogP contribution is 2.42. The van der Waals surface area contributed by atoms with Crippen LogP contribution in [-0.2, 0) is 15.1 Å². The van der Waals surface area contributed by atoms with Gasteiger partial charge in [-0.25, -0.2) is 4.79 Å². The average Bonchev–Trinajstić information content (AvgIpc) is 3.18. The molecule has 0 amide bonds. The van der Waals surface area contributed by atoms with E-state index in [-0.39, 0.29) is 12.1 Å². The van der Waals surface area contributed by atoms with Gasteiger partial charge in [0.25, 0.3) is 0 Å². The number of quaternary nitrogens is 1. The lowest BCUT2D eigenvalue weighted by molar-refractivity contribution is -0.921. The molecule has 1 aromatic rings. The minimum Gasteiger partial charge on any atom is -0.410 e. The van der Waals surface area contributed by atoms with E-state index in [1.807, 2.05) is 30.3 Å². The number of carbonyl (C=O) groups is 1. The third kappa shape index (κ3) is 3.02. The van der Waals surface area contributed by atoms with E-state index in [0.29, 0.717) is 10.0 Å². The number of esters is 1. The molecule has 3 rings (SSSR count). The number of nitrogens with zero attached hydrogens (tertiary/aromatic N) is 1. The second kappa shape index (κ2) is 6.25. The molecule has 1 N–H and O–H groups in total. The molecule has 1 saturated heterocycles. The zero-order chi connectivity index (χ0) is 16.5. The summed E-state index contributed by atoms with van der Waals surface area (Å²) in [5.41, 5.74) is -0.847. The Morgan fingerprint density at radius 1 is 1.13 bits per heavy atom. The molecule has 0 aromatic heterocycles. The third-order valence-corrected chi connectivity index (χ3v) is 5.68. The molecule has 1 heterocycles. The Labute approximate surface area is 138 Å². The van der Waals surface area contributed by atoms with Crippen LogP contribution in [0.3, 0.4) is 0 Å². The van der Waals surface area contributed by atoms with E-state index in [9.17, 15) is 9.90 Å². The number of hydrogen-bond acceptors (Lipinski definition) is 3. The lowest BCUT2D eigenvalue weighted by Crippen LogP contribution is -2.51. The highest BCUT2D eigenvalue weighted by Gasteiger charge is 2.50. The fraction of sp³-hybridized carbons (Fsp3) is 0.632. The van der Waals surface area contributed by atoms with Crippen molar-refractivity contribution in [3.8, 4) is 0 Å². The minimum atomic E-state index is -1.51. The summed E-state index contributed by atoms with van der Waals surface area (Å²) in [4.78, 5) is 13.0. The first-order chi connectivity index (χ1) is 10.9. The molecule has 4 heteroatoms.